The number of halogens is 2. The molecule has 5 rings (SSSR count). The van der Waals surface area contributed by atoms with Gasteiger partial charge in [-0.2, -0.15) is 4.31 Å². The molecule has 0 aromatic heterocycles. The molecule has 10 nitrogen and oxygen atoms in total. The van der Waals surface area contributed by atoms with E-state index in [9.17, 15) is 27.5 Å². The molecule has 0 aliphatic carbocycles. The topological polar surface area (TPSA) is 142 Å². The van der Waals surface area contributed by atoms with Crippen LogP contribution < -0.4 is 11.1 Å². The average molecular weight is 671 g/mol. The van der Waals surface area contributed by atoms with E-state index in [-0.39, 0.29) is 48.0 Å². The second kappa shape index (κ2) is 14.9. The number of piperazine rings is 1. The third kappa shape index (κ3) is 7.81. The van der Waals surface area contributed by atoms with E-state index in [1.54, 1.807) is 43.3 Å². The molecule has 0 saturated carbocycles. The van der Waals surface area contributed by atoms with Gasteiger partial charge in [0.05, 0.1) is 10.9 Å². The number of hydrogen-bond donors (Lipinski definition) is 3. The first-order valence-electron chi connectivity index (χ1n) is 15.7. The van der Waals surface area contributed by atoms with Gasteiger partial charge in [0.2, 0.25) is 15.9 Å². The molecule has 3 aromatic carbocycles. The monoisotopic (exact) mass is 670 g/mol. The van der Waals surface area contributed by atoms with Gasteiger partial charge in [-0.3, -0.25) is 4.79 Å². The Labute approximate surface area is 273 Å². The summed E-state index contributed by atoms with van der Waals surface area (Å²) in [4.78, 5) is 26.9. The van der Waals surface area contributed by atoms with Crippen molar-refractivity contribution >= 4 is 27.7 Å². The molecule has 2 fully saturated rings. The summed E-state index contributed by atoms with van der Waals surface area (Å²) in [6.07, 6.45) is 0.251. The number of hydrogen-bond acceptors (Lipinski definition) is 6. The SMILES string of the molecule is CC1CN(C(=O)O)CC(CCc2c(F)cccc2NC(=O)C(N)C(c2ccc(F)cc2)C2CCOCC2)N1S(=O)(=O)c1ccccc1. The number of ether oxygens (including phenoxy) is 1. The lowest BCUT2D eigenvalue weighted by Crippen LogP contribution is -2.60. The third-order valence-electron chi connectivity index (χ3n) is 9.12. The zero-order valence-electron chi connectivity index (χ0n) is 26.1. The molecule has 252 valence electrons. The van der Waals surface area contributed by atoms with Gasteiger partial charge in [-0.1, -0.05) is 36.4 Å². The van der Waals surface area contributed by atoms with Crippen molar-refractivity contribution in [3.05, 3.63) is 95.6 Å². The van der Waals surface area contributed by atoms with Crippen LogP contribution in [-0.4, -0.2) is 79.2 Å². The Balaban J connectivity index is 1.39. The maximum absolute atomic E-state index is 15.4. The first-order chi connectivity index (χ1) is 22.5. The molecule has 4 N–H and O–H groups in total. The van der Waals surface area contributed by atoms with E-state index in [1.165, 1.54) is 45.6 Å². The van der Waals surface area contributed by atoms with Crippen molar-refractivity contribution in [1.29, 1.82) is 0 Å². The Hall–Kier alpha value is -3.91. The number of carboxylic acid groups (broad SMARTS) is 1. The van der Waals surface area contributed by atoms with Crippen LogP contribution in [0.1, 0.15) is 43.2 Å². The quantitative estimate of drug-likeness (QED) is 0.281. The number of rotatable bonds is 10. The highest BCUT2D eigenvalue weighted by Gasteiger charge is 2.42. The summed E-state index contributed by atoms with van der Waals surface area (Å²) in [5.41, 5.74) is 7.65. The van der Waals surface area contributed by atoms with E-state index >= 15 is 4.39 Å². The highest BCUT2D eigenvalue weighted by atomic mass is 32.2. The van der Waals surface area contributed by atoms with Gasteiger partial charge >= 0.3 is 6.09 Å². The van der Waals surface area contributed by atoms with E-state index in [0.717, 1.165) is 5.56 Å². The Morgan fingerprint density at radius 1 is 1.00 bits per heavy atom. The molecule has 0 radical (unpaired) electrons. The van der Waals surface area contributed by atoms with Crippen LogP contribution in [0.15, 0.2) is 77.7 Å². The molecular formula is C34H40F2N4O6S. The summed E-state index contributed by atoms with van der Waals surface area (Å²) in [6, 6.07) is 15.5. The lowest BCUT2D eigenvalue weighted by atomic mass is 9.76. The number of carbonyl (C=O) groups excluding carboxylic acids is 1. The van der Waals surface area contributed by atoms with E-state index in [0.29, 0.717) is 26.1 Å². The Morgan fingerprint density at radius 3 is 2.34 bits per heavy atom. The van der Waals surface area contributed by atoms with Crippen LogP contribution in [0, 0.1) is 17.6 Å². The fraction of sp³-hybridized carbons (Fsp3) is 0.412. The minimum Gasteiger partial charge on any atom is -0.465 e. The number of sulfonamides is 1. The first kappa shape index (κ1) is 34.4. The molecule has 47 heavy (non-hydrogen) atoms. The number of nitrogens with zero attached hydrogens (tertiary/aromatic N) is 2. The molecule has 13 heteroatoms. The standard InChI is InChI=1S/C34H40F2N4O6S/c1-22-20-39(34(42)43)21-26(40(22)47(44,45)27-6-3-2-4-7-27)14-15-28-29(36)8-5-9-30(28)38-33(41)32(37)31(24-16-18-46-19-17-24)23-10-12-25(35)13-11-23/h2-13,22,24,26,31-32H,14-21,37H2,1H3,(H,38,41)(H,42,43). The summed E-state index contributed by atoms with van der Waals surface area (Å²) in [6.45, 7) is 2.56. The number of carbonyl (C=O) groups is 2. The summed E-state index contributed by atoms with van der Waals surface area (Å²) in [5.74, 6) is -2.00. The highest BCUT2D eigenvalue weighted by Crippen LogP contribution is 2.35. The van der Waals surface area contributed by atoms with E-state index in [2.05, 4.69) is 5.32 Å². The van der Waals surface area contributed by atoms with Crippen molar-refractivity contribution in [3.63, 3.8) is 0 Å². The zero-order valence-corrected chi connectivity index (χ0v) is 26.9. The number of amides is 2. The molecule has 4 unspecified atom stereocenters. The fourth-order valence-corrected chi connectivity index (χ4v) is 8.69. The number of nitrogens with one attached hydrogen (secondary N) is 1. The molecule has 4 atom stereocenters. The Bertz CT molecular complexity index is 1650. The van der Waals surface area contributed by atoms with Crippen molar-refractivity contribution in [2.24, 2.45) is 11.7 Å². The van der Waals surface area contributed by atoms with E-state index < -0.39 is 57.7 Å². The molecule has 2 heterocycles. The summed E-state index contributed by atoms with van der Waals surface area (Å²) in [5, 5.41) is 12.5. The van der Waals surface area contributed by atoms with Gasteiger partial charge < -0.3 is 25.8 Å². The maximum atomic E-state index is 15.4. The van der Waals surface area contributed by atoms with Crippen molar-refractivity contribution in [1.82, 2.24) is 9.21 Å². The van der Waals surface area contributed by atoms with Gasteiger partial charge in [-0.15, -0.1) is 0 Å². The van der Waals surface area contributed by atoms with Crippen LogP contribution >= 0.6 is 0 Å². The number of benzene rings is 3. The van der Waals surface area contributed by atoms with Gasteiger partial charge in [0, 0.05) is 55.6 Å². The van der Waals surface area contributed by atoms with Crippen LogP contribution in [0.4, 0.5) is 19.3 Å². The minimum atomic E-state index is -4.01. The molecular weight excluding hydrogens is 630 g/mol. The van der Waals surface area contributed by atoms with Crippen molar-refractivity contribution < 1.29 is 36.6 Å². The summed E-state index contributed by atoms with van der Waals surface area (Å²) in [7, 11) is -4.01. The molecule has 3 aromatic rings. The van der Waals surface area contributed by atoms with E-state index in [4.69, 9.17) is 10.5 Å². The van der Waals surface area contributed by atoms with Crippen LogP contribution in [0.5, 0.6) is 0 Å². The maximum Gasteiger partial charge on any atom is 0.407 e. The van der Waals surface area contributed by atoms with Crippen LogP contribution in [-0.2, 0) is 26.0 Å². The van der Waals surface area contributed by atoms with Gasteiger partial charge in [-0.25, -0.2) is 22.0 Å². The molecule has 0 bridgehead atoms. The lowest BCUT2D eigenvalue weighted by Gasteiger charge is -2.43. The Morgan fingerprint density at radius 2 is 1.68 bits per heavy atom. The number of anilines is 1. The zero-order chi connectivity index (χ0) is 33.7. The van der Waals surface area contributed by atoms with Crippen LogP contribution in [0.25, 0.3) is 0 Å². The second-order valence-electron chi connectivity index (χ2n) is 12.2. The molecule has 2 aliphatic heterocycles. The molecule has 2 amide bonds. The average Bonchev–Trinajstić information content (AvgIpc) is 3.06. The lowest BCUT2D eigenvalue weighted by molar-refractivity contribution is -0.118. The Kier molecular flexibility index (Phi) is 10.9. The fourth-order valence-electron chi connectivity index (χ4n) is 6.84. The largest absolute Gasteiger partial charge is 0.465 e. The van der Waals surface area contributed by atoms with Crippen molar-refractivity contribution in [2.45, 2.75) is 61.5 Å². The minimum absolute atomic E-state index is 0.00450. The van der Waals surface area contributed by atoms with Crippen molar-refractivity contribution in [3.8, 4) is 0 Å². The first-order valence-corrected chi connectivity index (χ1v) is 17.1. The van der Waals surface area contributed by atoms with Gasteiger partial charge in [0.15, 0.2) is 0 Å². The van der Waals surface area contributed by atoms with Gasteiger partial charge in [-0.05, 0) is 80.5 Å². The molecule has 2 saturated heterocycles. The highest BCUT2D eigenvalue weighted by molar-refractivity contribution is 7.89. The molecule has 0 spiro atoms. The smallest absolute Gasteiger partial charge is 0.407 e. The van der Waals surface area contributed by atoms with Gasteiger partial charge in [0.25, 0.3) is 0 Å². The third-order valence-corrected chi connectivity index (χ3v) is 11.2. The summed E-state index contributed by atoms with van der Waals surface area (Å²) < 4.78 is 63.5. The second-order valence-corrected chi connectivity index (χ2v) is 14.0. The number of nitrogens with two attached hydrogens (primary N) is 1. The normalized spacial score (nSPS) is 20.8. The van der Waals surface area contributed by atoms with Crippen LogP contribution in [0.2, 0.25) is 0 Å². The van der Waals surface area contributed by atoms with Gasteiger partial charge in [0.1, 0.15) is 11.6 Å². The summed E-state index contributed by atoms with van der Waals surface area (Å²) >= 11 is 0. The van der Waals surface area contributed by atoms with Crippen LogP contribution in [0.3, 0.4) is 0 Å². The van der Waals surface area contributed by atoms with Crippen molar-refractivity contribution in [2.75, 3.05) is 31.6 Å². The predicted molar refractivity (Wildman–Crippen MR) is 172 cm³/mol. The predicted octanol–water partition coefficient (Wildman–Crippen LogP) is 4.82. The van der Waals surface area contributed by atoms with E-state index in [1.807, 2.05) is 0 Å². The molecule has 2 aliphatic rings.